The molecule has 3 N–H and O–H groups in total. The molecule has 0 saturated heterocycles. The van der Waals surface area contributed by atoms with Crippen LogP contribution in [0.3, 0.4) is 0 Å². The Morgan fingerprint density at radius 2 is 0.696 bits per heavy atom. The first-order valence-corrected chi connectivity index (χ1v) is 25.2. The highest BCUT2D eigenvalue weighted by Gasteiger charge is 2.17. The van der Waals surface area contributed by atoms with Crippen LogP contribution >= 0.6 is 0 Å². The second-order valence-corrected chi connectivity index (χ2v) is 17.2. The van der Waals surface area contributed by atoms with Gasteiger partial charge in [0.25, 0.3) is 0 Å². The molecule has 0 spiro atoms. The summed E-state index contributed by atoms with van der Waals surface area (Å²) in [6.45, 7) is 4.31. The summed E-state index contributed by atoms with van der Waals surface area (Å²) < 4.78 is 0. The van der Waals surface area contributed by atoms with Gasteiger partial charge >= 0.3 is 0 Å². The Morgan fingerprint density at radius 1 is 0.411 bits per heavy atom. The molecule has 0 radical (unpaired) electrons. The normalized spacial score (nSPS) is 13.1. The number of carbonyl (C=O) groups excluding carboxylic acids is 1. The van der Waals surface area contributed by atoms with Gasteiger partial charge in [-0.15, -0.1) is 0 Å². The van der Waals surface area contributed by atoms with E-state index in [4.69, 9.17) is 0 Å². The van der Waals surface area contributed by atoms with Crippen LogP contribution in [-0.4, -0.2) is 34.9 Å². The molecule has 0 aliphatic heterocycles. The number of nitrogens with one attached hydrogen (secondary N) is 1. The van der Waals surface area contributed by atoms with Gasteiger partial charge in [0, 0.05) is 6.42 Å². The van der Waals surface area contributed by atoms with Crippen molar-refractivity contribution in [2.24, 2.45) is 0 Å². The van der Waals surface area contributed by atoms with Gasteiger partial charge in [-0.1, -0.05) is 256 Å². The minimum Gasteiger partial charge on any atom is -0.394 e. The van der Waals surface area contributed by atoms with Crippen LogP contribution in [0.15, 0.2) is 36.5 Å². The third-order valence-electron chi connectivity index (χ3n) is 11.6. The first-order valence-electron chi connectivity index (χ1n) is 25.2. The largest absolute Gasteiger partial charge is 0.394 e. The van der Waals surface area contributed by atoms with E-state index in [0.717, 1.165) is 38.5 Å². The Hall–Kier alpha value is -1.39. The molecular formula is C52H99NO3. The molecule has 2 unspecified atom stereocenters. The molecule has 56 heavy (non-hydrogen) atoms. The maximum absolute atomic E-state index is 12.4. The maximum atomic E-state index is 12.4. The van der Waals surface area contributed by atoms with Crippen LogP contribution in [0.4, 0.5) is 0 Å². The van der Waals surface area contributed by atoms with E-state index in [0.29, 0.717) is 6.42 Å². The molecule has 0 aliphatic rings. The zero-order valence-corrected chi connectivity index (χ0v) is 37.9. The molecule has 2 atom stereocenters. The van der Waals surface area contributed by atoms with Crippen LogP contribution in [0, 0.1) is 0 Å². The standard InChI is InChI=1S/C52H99NO3/c1-3-5-7-9-11-13-15-17-19-20-21-22-23-24-25-26-27-28-29-30-31-32-34-35-37-39-41-43-45-47-51(55)50(49-54)53-52(56)48-46-44-42-40-38-36-33-18-16-14-12-10-8-6-4-2/h31-32,37,39,45,47,50-51,54-55H,3-30,33-36,38,40-44,46,48-49H2,1-2H3,(H,53,56)/b32-31+,39-37+,47-45+. The SMILES string of the molecule is CCCCCCCCCCCCCCCCCCCCC/C=C/CC/C=C/CC/C=C/C(O)C(CO)NC(=O)CCCCCCCCCCCCCCCCC. The van der Waals surface area contributed by atoms with E-state index in [-0.39, 0.29) is 12.5 Å². The first kappa shape index (κ1) is 54.6. The van der Waals surface area contributed by atoms with Crippen molar-refractivity contribution in [3.05, 3.63) is 36.5 Å². The predicted molar refractivity (Wildman–Crippen MR) is 248 cm³/mol. The van der Waals surface area contributed by atoms with Gasteiger partial charge in [0.05, 0.1) is 18.8 Å². The molecule has 4 nitrogen and oxygen atoms in total. The van der Waals surface area contributed by atoms with Crippen LogP contribution in [0.25, 0.3) is 0 Å². The van der Waals surface area contributed by atoms with Crippen molar-refractivity contribution in [2.75, 3.05) is 6.61 Å². The third-order valence-corrected chi connectivity index (χ3v) is 11.6. The number of unbranched alkanes of at least 4 members (excludes halogenated alkanes) is 35. The maximum Gasteiger partial charge on any atom is 0.220 e. The molecule has 0 aromatic heterocycles. The van der Waals surface area contributed by atoms with Crippen molar-refractivity contribution in [1.29, 1.82) is 0 Å². The Kier molecular flexibility index (Phi) is 46.8. The molecule has 0 aromatic carbocycles. The molecule has 0 aromatic rings. The molecular weight excluding hydrogens is 687 g/mol. The van der Waals surface area contributed by atoms with E-state index in [1.807, 2.05) is 6.08 Å². The minimum absolute atomic E-state index is 0.0752. The molecule has 0 fully saturated rings. The number of carbonyl (C=O) groups is 1. The summed E-state index contributed by atoms with van der Waals surface area (Å²) in [4.78, 5) is 12.4. The number of allylic oxidation sites excluding steroid dienone is 5. The number of rotatable bonds is 46. The topological polar surface area (TPSA) is 69.6 Å². The Balaban J connectivity index is 3.55. The number of amides is 1. The van der Waals surface area contributed by atoms with Crippen LogP contribution in [0.5, 0.6) is 0 Å². The van der Waals surface area contributed by atoms with Gasteiger partial charge in [0.2, 0.25) is 5.91 Å². The zero-order valence-electron chi connectivity index (χ0n) is 37.9. The van der Waals surface area contributed by atoms with Crippen LogP contribution in [0.1, 0.15) is 271 Å². The average molecular weight is 786 g/mol. The summed E-state index contributed by atoms with van der Waals surface area (Å²) in [6.07, 6.45) is 64.3. The lowest BCUT2D eigenvalue weighted by molar-refractivity contribution is -0.123. The molecule has 0 saturated carbocycles. The van der Waals surface area contributed by atoms with Gasteiger partial charge in [-0.05, 0) is 44.9 Å². The van der Waals surface area contributed by atoms with Crippen molar-refractivity contribution in [3.63, 3.8) is 0 Å². The third kappa shape index (κ3) is 43.7. The molecule has 0 bridgehead atoms. The van der Waals surface area contributed by atoms with E-state index in [9.17, 15) is 15.0 Å². The first-order chi connectivity index (χ1) is 27.7. The van der Waals surface area contributed by atoms with Gasteiger partial charge in [0.15, 0.2) is 0 Å². The second kappa shape index (κ2) is 48.0. The average Bonchev–Trinajstić information content (AvgIpc) is 3.20. The van der Waals surface area contributed by atoms with E-state index in [1.54, 1.807) is 6.08 Å². The highest BCUT2D eigenvalue weighted by molar-refractivity contribution is 5.76. The lowest BCUT2D eigenvalue weighted by Gasteiger charge is -2.19. The van der Waals surface area contributed by atoms with Crippen LogP contribution in [-0.2, 0) is 4.79 Å². The van der Waals surface area contributed by atoms with Gasteiger partial charge in [-0.3, -0.25) is 4.79 Å². The number of aliphatic hydroxyl groups excluding tert-OH is 2. The van der Waals surface area contributed by atoms with Crippen LogP contribution in [0.2, 0.25) is 0 Å². The van der Waals surface area contributed by atoms with Gasteiger partial charge < -0.3 is 15.5 Å². The summed E-state index contributed by atoms with van der Waals surface area (Å²) in [5.74, 6) is -0.0752. The highest BCUT2D eigenvalue weighted by Crippen LogP contribution is 2.16. The van der Waals surface area contributed by atoms with Crippen molar-refractivity contribution >= 4 is 5.91 Å². The summed E-state index contributed by atoms with van der Waals surface area (Å²) in [6, 6.07) is -0.642. The number of hydrogen-bond donors (Lipinski definition) is 3. The number of aliphatic hydroxyl groups is 2. The Morgan fingerprint density at radius 3 is 1.04 bits per heavy atom. The summed E-state index contributed by atoms with van der Waals surface area (Å²) in [5.41, 5.74) is 0. The van der Waals surface area contributed by atoms with E-state index in [1.165, 1.54) is 212 Å². The molecule has 1 amide bonds. The Bertz CT molecular complexity index is 851. The van der Waals surface area contributed by atoms with Gasteiger partial charge in [0.1, 0.15) is 0 Å². The van der Waals surface area contributed by atoms with E-state index in [2.05, 4.69) is 43.5 Å². The van der Waals surface area contributed by atoms with Crippen molar-refractivity contribution in [3.8, 4) is 0 Å². The van der Waals surface area contributed by atoms with Crippen molar-refractivity contribution in [2.45, 2.75) is 283 Å². The van der Waals surface area contributed by atoms with Gasteiger partial charge in [-0.2, -0.15) is 0 Å². The molecule has 4 heteroatoms. The lowest BCUT2D eigenvalue weighted by Crippen LogP contribution is -2.45. The quantitative estimate of drug-likeness (QED) is 0.0425. The van der Waals surface area contributed by atoms with E-state index < -0.39 is 12.1 Å². The molecule has 0 aliphatic carbocycles. The summed E-state index contributed by atoms with van der Waals surface area (Å²) >= 11 is 0. The minimum atomic E-state index is -0.868. The highest BCUT2D eigenvalue weighted by atomic mass is 16.3. The lowest BCUT2D eigenvalue weighted by atomic mass is 10.0. The van der Waals surface area contributed by atoms with Crippen molar-refractivity contribution < 1.29 is 15.0 Å². The van der Waals surface area contributed by atoms with Crippen LogP contribution < -0.4 is 5.32 Å². The fourth-order valence-corrected chi connectivity index (χ4v) is 7.74. The molecule has 330 valence electrons. The van der Waals surface area contributed by atoms with Crippen molar-refractivity contribution in [1.82, 2.24) is 5.32 Å². The Labute approximate surface area is 351 Å². The van der Waals surface area contributed by atoms with Gasteiger partial charge in [-0.25, -0.2) is 0 Å². The predicted octanol–water partition coefficient (Wildman–Crippen LogP) is 16.1. The molecule has 0 heterocycles. The molecule has 0 rings (SSSR count). The fourth-order valence-electron chi connectivity index (χ4n) is 7.74. The smallest absolute Gasteiger partial charge is 0.220 e. The second-order valence-electron chi connectivity index (χ2n) is 17.2. The van der Waals surface area contributed by atoms with E-state index >= 15 is 0 Å². The zero-order chi connectivity index (χ0) is 40.7. The fraction of sp³-hybridized carbons (Fsp3) is 0.865. The number of hydrogen-bond acceptors (Lipinski definition) is 3. The monoisotopic (exact) mass is 786 g/mol. The summed E-state index contributed by atoms with van der Waals surface area (Å²) in [7, 11) is 0. The summed E-state index contributed by atoms with van der Waals surface area (Å²) in [5, 5.41) is 23.0.